The van der Waals surface area contributed by atoms with E-state index in [4.69, 9.17) is 0 Å². The molecule has 0 amide bonds. The van der Waals surface area contributed by atoms with E-state index in [1.165, 1.54) is 6.08 Å². The highest BCUT2D eigenvalue weighted by molar-refractivity contribution is 5.61. The second-order valence-electron chi connectivity index (χ2n) is 6.92. The van der Waals surface area contributed by atoms with E-state index in [2.05, 4.69) is 36.4 Å². The SMILES string of the molecule is OC1(O)C=CC(C(c2ccccc2)(c2ccccc2)c2ccccc2)=CC1. The van der Waals surface area contributed by atoms with E-state index in [-0.39, 0.29) is 6.42 Å². The molecule has 3 aromatic rings. The van der Waals surface area contributed by atoms with Gasteiger partial charge in [-0.15, -0.1) is 0 Å². The molecular weight excluding hydrogens is 332 g/mol. The molecule has 0 unspecified atom stereocenters. The molecule has 0 heterocycles. The predicted molar refractivity (Wildman–Crippen MR) is 108 cm³/mol. The van der Waals surface area contributed by atoms with Gasteiger partial charge < -0.3 is 10.2 Å². The Morgan fingerprint density at radius 1 is 0.630 bits per heavy atom. The van der Waals surface area contributed by atoms with Crippen molar-refractivity contribution < 1.29 is 10.2 Å². The van der Waals surface area contributed by atoms with Gasteiger partial charge in [0.15, 0.2) is 5.79 Å². The number of hydrogen-bond donors (Lipinski definition) is 2. The number of rotatable bonds is 4. The average molecular weight is 354 g/mol. The lowest BCUT2D eigenvalue weighted by atomic mass is 9.63. The maximum atomic E-state index is 9.99. The Labute approximate surface area is 159 Å². The maximum absolute atomic E-state index is 9.99. The highest BCUT2D eigenvalue weighted by atomic mass is 16.5. The Morgan fingerprint density at radius 2 is 1.04 bits per heavy atom. The minimum Gasteiger partial charge on any atom is -0.362 e. The Balaban J connectivity index is 2.05. The number of benzene rings is 3. The van der Waals surface area contributed by atoms with Crippen LogP contribution < -0.4 is 0 Å². The van der Waals surface area contributed by atoms with E-state index in [0.717, 1.165) is 22.3 Å². The van der Waals surface area contributed by atoms with Crippen molar-refractivity contribution in [3.63, 3.8) is 0 Å². The Morgan fingerprint density at radius 3 is 1.37 bits per heavy atom. The van der Waals surface area contributed by atoms with E-state index in [1.54, 1.807) is 0 Å². The van der Waals surface area contributed by atoms with Crippen LogP contribution in [0.15, 0.2) is 115 Å². The van der Waals surface area contributed by atoms with Gasteiger partial charge in [0.25, 0.3) is 0 Å². The van der Waals surface area contributed by atoms with Crippen molar-refractivity contribution in [3.05, 3.63) is 131 Å². The molecule has 0 saturated heterocycles. The van der Waals surface area contributed by atoms with Gasteiger partial charge in [0, 0.05) is 6.42 Å². The monoisotopic (exact) mass is 354 g/mol. The van der Waals surface area contributed by atoms with Crippen molar-refractivity contribution in [2.75, 3.05) is 0 Å². The summed E-state index contributed by atoms with van der Waals surface area (Å²) in [6, 6.07) is 31.1. The van der Waals surface area contributed by atoms with E-state index >= 15 is 0 Å². The fraction of sp³-hybridized carbons (Fsp3) is 0.120. The Hall–Kier alpha value is -2.94. The van der Waals surface area contributed by atoms with Crippen molar-refractivity contribution in [1.82, 2.24) is 0 Å². The molecule has 1 aliphatic carbocycles. The number of aliphatic hydroxyl groups is 2. The lowest BCUT2D eigenvalue weighted by Crippen LogP contribution is -2.34. The summed E-state index contributed by atoms with van der Waals surface area (Å²) >= 11 is 0. The van der Waals surface area contributed by atoms with Crippen LogP contribution in [0.1, 0.15) is 23.1 Å². The van der Waals surface area contributed by atoms with Crippen LogP contribution in [-0.4, -0.2) is 16.0 Å². The molecule has 2 nitrogen and oxygen atoms in total. The molecular formula is C25H22O2. The van der Waals surface area contributed by atoms with Gasteiger partial charge >= 0.3 is 0 Å². The first-order valence-corrected chi connectivity index (χ1v) is 9.14. The van der Waals surface area contributed by atoms with E-state index < -0.39 is 11.2 Å². The van der Waals surface area contributed by atoms with Gasteiger partial charge in [-0.25, -0.2) is 0 Å². The van der Waals surface area contributed by atoms with Crippen molar-refractivity contribution in [3.8, 4) is 0 Å². The molecule has 0 spiro atoms. The zero-order chi connectivity index (χ0) is 18.7. The van der Waals surface area contributed by atoms with Gasteiger partial charge in [0.2, 0.25) is 0 Å². The second kappa shape index (κ2) is 6.99. The van der Waals surface area contributed by atoms with Crippen molar-refractivity contribution >= 4 is 0 Å². The smallest absolute Gasteiger partial charge is 0.186 e. The quantitative estimate of drug-likeness (QED) is 0.531. The largest absolute Gasteiger partial charge is 0.362 e. The third-order valence-electron chi connectivity index (χ3n) is 5.21. The first-order chi connectivity index (χ1) is 13.1. The van der Waals surface area contributed by atoms with E-state index in [1.807, 2.05) is 66.7 Å². The molecule has 134 valence electrons. The van der Waals surface area contributed by atoms with Gasteiger partial charge in [-0.3, -0.25) is 0 Å². The zero-order valence-corrected chi connectivity index (χ0v) is 15.0. The fourth-order valence-electron chi connectivity index (χ4n) is 3.96. The maximum Gasteiger partial charge on any atom is 0.186 e. The van der Waals surface area contributed by atoms with Gasteiger partial charge in [0.1, 0.15) is 0 Å². The summed E-state index contributed by atoms with van der Waals surface area (Å²) < 4.78 is 0. The molecule has 0 radical (unpaired) electrons. The van der Waals surface area contributed by atoms with Crippen LogP contribution in [0, 0.1) is 0 Å². The lowest BCUT2D eigenvalue weighted by molar-refractivity contribution is -0.115. The molecule has 0 fully saturated rings. The van der Waals surface area contributed by atoms with Gasteiger partial charge in [0.05, 0.1) is 5.41 Å². The van der Waals surface area contributed by atoms with Crippen LogP contribution in [0.25, 0.3) is 0 Å². The Bertz CT molecular complexity index is 858. The summed E-state index contributed by atoms with van der Waals surface area (Å²) in [5, 5.41) is 20.0. The summed E-state index contributed by atoms with van der Waals surface area (Å²) in [6.07, 6.45) is 5.42. The highest BCUT2D eigenvalue weighted by Gasteiger charge is 2.40. The molecule has 0 aromatic heterocycles. The summed E-state index contributed by atoms with van der Waals surface area (Å²) in [6.45, 7) is 0. The molecule has 0 aliphatic heterocycles. The first kappa shape index (κ1) is 17.5. The van der Waals surface area contributed by atoms with Crippen molar-refractivity contribution in [2.24, 2.45) is 0 Å². The van der Waals surface area contributed by atoms with Crippen molar-refractivity contribution in [2.45, 2.75) is 17.6 Å². The van der Waals surface area contributed by atoms with E-state index in [0.29, 0.717) is 0 Å². The number of allylic oxidation sites excluding steroid dienone is 2. The van der Waals surface area contributed by atoms with Crippen LogP contribution in [0.3, 0.4) is 0 Å². The minimum atomic E-state index is -1.79. The molecule has 27 heavy (non-hydrogen) atoms. The topological polar surface area (TPSA) is 40.5 Å². The van der Waals surface area contributed by atoms with Gasteiger partial charge in [-0.2, -0.15) is 0 Å². The normalized spacial score (nSPS) is 16.0. The molecule has 0 atom stereocenters. The summed E-state index contributed by atoms with van der Waals surface area (Å²) in [5.74, 6) is -1.79. The molecule has 3 aromatic carbocycles. The highest BCUT2D eigenvalue weighted by Crippen LogP contribution is 2.47. The summed E-state index contributed by atoms with van der Waals surface area (Å²) in [5.41, 5.74) is 3.92. The third kappa shape index (κ3) is 3.14. The molecule has 4 rings (SSSR count). The minimum absolute atomic E-state index is 0.160. The zero-order valence-electron chi connectivity index (χ0n) is 15.0. The van der Waals surface area contributed by atoms with Crippen molar-refractivity contribution in [1.29, 1.82) is 0 Å². The predicted octanol–water partition coefficient (Wildman–Crippen LogP) is 4.59. The van der Waals surface area contributed by atoms with Crippen LogP contribution >= 0.6 is 0 Å². The Kier molecular flexibility index (Phi) is 4.53. The average Bonchev–Trinajstić information content (AvgIpc) is 2.72. The summed E-state index contributed by atoms with van der Waals surface area (Å²) in [4.78, 5) is 0. The van der Waals surface area contributed by atoms with Gasteiger partial charge in [-0.05, 0) is 28.3 Å². The molecule has 0 bridgehead atoms. The van der Waals surface area contributed by atoms with Crippen LogP contribution in [-0.2, 0) is 5.41 Å². The van der Waals surface area contributed by atoms with Crippen LogP contribution in [0.4, 0.5) is 0 Å². The first-order valence-electron chi connectivity index (χ1n) is 9.14. The van der Waals surface area contributed by atoms with Crippen LogP contribution in [0.2, 0.25) is 0 Å². The fourth-order valence-corrected chi connectivity index (χ4v) is 3.96. The standard InChI is InChI=1S/C25H22O2/c26-24(27)18-16-23(17-19-24)25(20-10-4-1-5-11-20,21-12-6-2-7-13-21)22-14-8-3-9-15-22/h1-18,26-27H,19H2. The molecule has 0 saturated carbocycles. The molecule has 2 heteroatoms. The second-order valence-corrected chi connectivity index (χ2v) is 6.92. The van der Waals surface area contributed by atoms with Crippen LogP contribution in [0.5, 0.6) is 0 Å². The molecule has 2 N–H and O–H groups in total. The summed E-state index contributed by atoms with van der Waals surface area (Å²) in [7, 11) is 0. The molecule has 1 aliphatic rings. The van der Waals surface area contributed by atoms with Gasteiger partial charge in [-0.1, -0.05) is 103 Å². The lowest BCUT2D eigenvalue weighted by Gasteiger charge is -2.39. The number of hydrogen-bond acceptors (Lipinski definition) is 2. The third-order valence-corrected chi connectivity index (χ3v) is 5.21. The van der Waals surface area contributed by atoms with E-state index in [9.17, 15) is 10.2 Å².